The first-order valence-electron chi connectivity index (χ1n) is 6.67. The molecule has 2 nitrogen and oxygen atoms in total. The molecule has 0 aromatic heterocycles. The highest BCUT2D eigenvalue weighted by Crippen LogP contribution is 2.39. The molecule has 1 atom stereocenters. The van der Waals surface area contributed by atoms with Gasteiger partial charge >= 0.3 is 0 Å². The van der Waals surface area contributed by atoms with Gasteiger partial charge in [-0.3, -0.25) is 0 Å². The van der Waals surface area contributed by atoms with Crippen molar-refractivity contribution in [3.05, 3.63) is 34.9 Å². The van der Waals surface area contributed by atoms with Gasteiger partial charge in [0.1, 0.15) is 0 Å². The van der Waals surface area contributed by atoms with E-state index in [4.69, 9.17) is 16.3 Å². The quantitative estimate of drug-likeness (QED) is 0.852. The number of hydrogen-bond acceptors (Lipinski definition) is 2. The van der Waals surface area contributed by atoms with E-state index in [2.05, 4.69) is 24.4 Å². The highest BCUT2D eigenvalue weighted by atomic mass is 35.5. The van der Waals surface area contributed by atoms with E-state index in [1.165, 1.54) is 18.4 Å². The average molecular weight is 268 g/mol. The van der Waals surface area contributed by atoms with Gasteiger partial charge in [-0.25, -0.2) is 0 Å². The van der Waals surface area contributed by atoms with Gasteiger partial charge in [-0.15, -0.1) is 0 Å². The molecule has 1 aliphatic carbocycles. The summed E-state index contributed by atoms with van der Waals surface area (Å²) in [5.74, 6) is 1.21. The smallest absolute Gasteiger partial charge is 0.0499 e. The standard InChI is InChI=1S/C15H22ClNO/c1-11(10-18-2)9-17-13-7-12(8-13)14-5-3-4-6-15(14)16/h3-6,11-13,17H,7-10H2,1-2H3. The van der Waals surface area contributed by atoms with Gasteiger partial charge in [0.05, 0.1) is 0 Å². The SMILES string of the molecule is COCC(C)CNC1CC(c2ccccc2Cl)C1. The number of nitrogens with one attached hydrogen (secondary N) is 1. The van der Waals surface area contributed by atoms with Crippen molar-refractivity contribution in [3.8, 4) is 0 Å². The highest BCUT2D eigenvalue weighted by Gasteiger charge is 2.31. The van der Waals surface area contributed by atoms with Crippen LogP contribution >= 0.6 is 11.6 Å². The third-order valence-corrected chi connectivity index (χ3v) is 4.03. The summed E-state index contributed by atoms with van der Waals surface area (Å²) in [5.41, 5.74) is 1.31. The molecule has 1 saturated carbocycles. The fraction of sp³-hybridized carbons (Fsp3) is 0.600. The molecule has 0 aliphatic heterocycles. The third-order valence-electron chi connectivity index (χ3n) is 3.69. The Morgan fingerprint density at radius 2 is 2.11 bits per heavy atom. The van der Waals surface area contributed by atoms with Crippen LogP contribution in [0.4, 0.5) is 0 Å². The fourth-order valence-corrected chi connectivity index (χ4v) is 2.85. The number of halogens is 1. The Morgan fingerprint density at radius 3 is 2.78 bits per heavy atom. The van der Waals surface area contributed by atoms with Gasteiger partial charge < -0.3 is 10.1 Å². The van der Waals surface area contributed by atoms with Crippen molar-refractivity contribution in [2.24, 2.45) is 5.92 Å². The molecular weight excluding hydrogens is 246 g/mol. The van der Waals surface area contributed by atoms with Crippen LogP contribution in [-0.4, -0.2) is 26.3 Å². The maximum Gasteiger partial charge on any atom is 0.0499 e. The minimum absolute atomic E-state index is 0.578. The summed E-state index contributed by atoms with van der Waals surface area (Å²) in [7, 11) is 1.76. The summed E-state index contributed by atoms with van der Waals surface area (Å²) < 4.78 is 5.14. The van der Waals surface area contributed by atoms with E-state index in [0.717, 1.165) is 18.2 Å². The summed E-state index contributed by atoms with van der Waals surface area (Å²) in [5, 5.41) is 4.51. The van der Waals surface area contributed by atoms with Crippen LogP contribution in [0.15, 0.2) is 24.3 Å². The van der Waals surface area contributed by atoms with Crippen molar-refractivity contribution in [3.63, 3.8) is 0 Å². The number of methoxy groups -OCH3 is 1. The average Bonchev–Trinajstić information content (AvgIpc) is 2.29. The largest absolute Gasteiger partial charge is 0.384 e. The van der Waals surface area contributed by atoms with E-state index in [9.17, 15) is 0 Å². The zero-order valence-electron chi connectivity index (χ0n) is 11.2. The molecule has 100 valence electrons. The summed E-state index contributed by atoms with van der Waals surface area (Å²) in [4.78, 5) is 0. The van der Waals surface area contributed by atoms with Gasteiger partial charge in [-0.05, 0) is 36.3 Å². The van der Waals surface area contributed by atoms with E-state index in [1.54, 1.807) is 7.11 Å². The summed E-state index contributed by atoms with van der Waals surface area (Å²) in [6, 6.07) is 8.84. The lowest BCUT2D eigenvalue weighted by Crippen LogP contribution is -2.42. The van der Waals surface area contributed by atoms with Crippen LogP contribution < -0.4 is 5.32 Å². The molecule has 0 amide bonds. The number of rotatable bonds is 6. The number of ether oxygens (including phenoxy) is 1. The normalized spacial score (nSPS) is 24.6. The molecule has 0 bridgehead atoms. The molecular formula is C15H22ClNO. The fourth-order valence-electron chi connectivity index (χ4n) is 2.56. The second kappa shape index (κ2) is 6.55. The predicted molar refractivity (Wildman–Crippen MR) is 76.3 cm³/mol. The molecule has 1 aromatic carbocycles. The Kier molecular flexibility index (Phi) is 5.04. The Labute approximate surface area is 115 Å². The lowest BCUT2D eigenvalue weighted by molar-refractivity contribution is 0.152. The third kappa shape index (κ3) is 3.47. The van der Waals surface area contributed by atoms with Crippen LogP contribution in [0.3, 0.4) is 0 Å². The van der Waals surface area contributed by atoms with Crippen LogP contribution in [0.1, 0.15) is 31.2 Å². The Hall–Kier alpha value is -0.570. The van der Waals surface area contributed by atoms with Crippen LogP contribution in [0, 0.1) is 5.92 Å². The molecule has 1 fully saturated rings. The molecule has 1 unspecified atom stereocenters. The zero-order chi connectivity index (χ0) is 13.0. The van der Waals surface area contributed by atoms with Crippen molar-refractivity contribution < 1.29 is 4.74 Å². The van der Waals surface area contributed by atoms with Gasteiger partial charge in [0.25, 0.3) is 0 Å². The lowest BCUT2D eigenvalue weighted by Gasteiger charge is -2.37. The maximum atomic E-state index is 6.21. The number of hydrogen-bond donors (Lipinski definition) is 1. The molecule has 0 radical (unpaired) electrons. The van der Waals surface area contributed by atoms with Gasteiger partial charge in [-0.1, -0.05) is 36.7 Å². The second-order valence-electron chi connectivity index (χ2n) is 5.36. The molecule has 1 N–H and O–H groups in total. The van der Waals surface area contributed by atoms with Crippen molar-refractivity contribution >= 4 is 11.6 Å². The Balaban J connectivity index is 1.73. The van der Waals surface area contributed by atoms with E-state index in [-0.39, 0.29) is 0 Å². The summed E-state index contributed by atoms with van der Waals surface area (Å²) in [6.45, 7) is 4.07. The molecule has 3 heteroatoms. The van der Waals surface area contributed by atoms with Gasteiger partial charge in [0, 0.05) is 31.3 Å². The Bertz CT molecular complexity index is 377. The van der Waals surface area contributed by atoms with Crippen LogP contribution in [0.2, 0.25) is 5.02 Å². The molecule has 0 saturated heterocycles. The maximum absolute atomic E-state index is 6.21. The first kappa shape index (κ1) is 13.9. The van der Waals surface area contributed by atoms with Crippen molar-refractivity contribution in [2.75, 3.05) is 20.3 Å². The summed E-state index contributed by atoms with van der Waals surface area (Å²) >= 11 is 6.21. The van der Waals surface area contributed by atoms with E-state index in [1.807, 2.05) is 12.1 Å². The first-order chi connectivity index (χ1) is 8.70. The molecule has 1 aromatic rings. The molecule has 18 heavy (non-hydrogen) atoms. The summed E-state index contributed by atoms with van der Waals surface area (Å²) in [6.07, 6.45) is 2.40. The monoisotopic (exact) mass is 267 g/mol. The van der Waals surface area contributed by atoms with Crippen molar-refractivity contribution in [1.82, 2.24) is 5.32 Å². The first-order valence-corrected chi connectivity index (χ1v) is 7.05. The van der Waals surface area contributed by atoms with E-state index in [0.29, 0.717) is 17.9 Å². The molecule has 2 rings (SSSR count). The minimum atomic E-state index is 0.578. The van der Waals surface area contributed by atoms with Gasteiger partial charge in [-0.2, -0.15) is 0 Å². The molecule has 0 spiro atoms. The molecule has 0 heterocycles. The van der Waals surface area contributed by atoms with Gasteiger partial charge in [0.2, 0.25) is 0 Å². The van der Waals surface area contributed by atoms with Crippen LogP contribution in [0.25, 0.3) is 0 Å². The van der Waals surface area contributed by atoms with Gasteiger partial charge in [0.15, 0.2) is 0 Å². The predicted octanol–water partition coefficient (Wildman–Crippen LogP) is 3.46. The Morgan fingerprint density at radius 1 is 1.39 bits per heavy atom. The van der Waals surface area contributed by atoms with Crippen LogP contribution in [-0.2, 0) is 4.74 Å². The second-order valence-corrected chi connectivity index (χ2v) is 5.76. The number of benzene rings is 1. The van der Waals surface area contributed by atoms with Crippen molar-refractivity contribution in [1.29, 1.82) is 0 Å². The van der Waals surface area contributed by atoms with Crippen molar-refractivity contribution in [2.45, 2.75) is 31.7 Å². The van der Waals surface area contributed by atoms with E-state index >= 15 is 0 Å². The van der Waals surface area contributed by atoms with E-state index < -0.39 is 0 Å². The topological polar surface area (TPSA) is 21.3 Å². The zero-order valence-corrected chi connectivity index (χ0v) is 11.9. The lowest BCUT2D eigenvalue weighted by atomic mass is 9.76. The van der Waals surface area contributed by atoms with Crippen LogP contribution in [0.5, 0.6) is 0 Å². The molecule has 1 aliphatic rings. The highest BCUT2D eigenvalue weighted by molar-refractivity contribution is 6.31. The minimum Gasteiger partial charge on any atom is -0.384 e.